The topological polar surface area (TPSA) is 21.3 Å². The van der Waals surface area contributed by atoms with Crippen molar-refractivity contribution in [3.05, 3.63) is 24.6 Å². The highest BCUT2D eigenvalue weighted by Gasteiger charge is 1.62. The Morgan fingerprint density at radius 2 is 2.00 bits per heavy atom. The average molecular weight is 113 g/mol. The Balaban J connectivity index is 2.93. The Bertz CT molecular complexity index is 74.5. The van der Waals surface area contributed by atoms with E-state index in [1.165, 1.54) is 0 Å². The van der Waals surface area contributed by atoms with E-state index in [1.807, 2.05) is 19.9 Å². The number of nitrogens with one attached hydrogen (secondary N) is 1. The molecule has 2 heteroatoms. The maximum Gasteiger partial charge on any atom is 0.114 e. The molecule has 0 bridgehead atoms. The van der Waals surface area contributed by atoms with Crippen molar-refractivity contribution in [2.24, 2.45) is 0 Å². The van der Waals surface area contributed by atoms with Gasteiger partial charge in [-0.3, -0.25) is 0 Å². The average Bonchev–Trinajstić information content (AvgIpc) is 1.81. The first kappa shape index (κ1) is 7.08. The van der Waals surface area contributed by atoms with Crippen molar-refractivity contribution in [3.8, 4) is 0 Å². The molecule has 8 heavy (non-hydrogen) atoms. The van der Waals surface area contributed by atoms with Crippen LogP contribution in [0.5, 0.6) is 0 Å². The summed E-state index contributed by atoms with van der Waals surface area (Å²) in [5.41, 5.74) is 2.57. The molecule has 0 radical (unpaired) electrons. The van der Waals surface area contributed by atoms with Gasteiger partial charge in [0, 0.05) is 6.20 Å². The summed E-state index contributed by atoms with van der Waals surface area (Å²) in [6.45, 7) is 3.80. The molecule has 0 unspecified atom stereocenters. The molecule has 0 saturated heterocycles. The molecule has 0 aliphatic rings. The molecule has 2 nitrogen and oxygen atoms in total. The third-order valence-corrected chi connectivity index (χ3v) is 0.507. The molecule has 0 spiro atoms. The Morgan fingerprint density at radius 3 is 2.50 bits per heavy atom. The van der Waals surface area contributed by atoms with Gasteiger partial charge in [-0.05, 0) is 19.9 Å². The second-order valence-corrected chi connectivity index (χ2v) is 1.21. The first-order valence-corrected chi connectivity index (χ1v) is 2.55. The zero-order valence-electron chi connectivity index (χ0n) is 5.22. The fourth-order valence-corrected chi connectivity index (χ4v) is 0.215. The Hall–Kier alpha value is -0.920. The molecule has 0 aliphatic heterocycles. The molecule has 0 saturated carbocycles. The van der Waals surface area contributed by atoms with Crippen LogP contribution in [0, 0.1) is 0 Å². The molecule has 0 heterocycles. The molecule has 0 aromatic heterocycles. The van der Waals surface area contributed by atoms with Crippen molar-refractivity contribution >= 4 is 0 Å². The molecule has 0 aromatic rings. The first-order valence-electron chi connectivity index (χ1n) is 2.55. The van der Waals surface area contributed by atoms with Crippen molar-refractivity contribution in [3.63, 3.8) is 0 Å². The second kappa shape index (κ2) is 6.08. The van der Waals surface area contributed by atoms with E-state index in [0.717, 1.165) is 0 Å². The zero-order chi connectivity index (χ0) is 6.24. The van der Waals surface area contributed by atoms with Crippen LogP contribution in [0.1, 0.15) is 13.8 Å². The molecular weight excluding hydrogens is 102 g/mol. The highest BCUT2D eigenvalue weighted by atomic mass is 16.6. The lowest BCUT2D eigenvalue weighted by Crippen LogP contribution is -1.98. The fourth-order valence-electron chi connectivity index (χ4n) is 0.215. The van der Waals surface area contributed by atoms with Gasteiger partial charge in [0.2, 0.25) is 0 Å². The van der Waals surface area contributed by atoms with E-state index >= 15 is 0 Å². The number of rotatable bonds is 3. The maximum atomic E-state index is 4.71. The number of hydroxylamine groups is 1. The summed E-state index contributed by atoms with van der Waals surface area (Å²) in [5.74, 6) is 0. The van der Waals surface area contributed by atoms with Gasteiger partial charge >= 0.3 is 0 Å². The predicted molar refractivity (Wildman–Crippen MR) is 33.8 cm³/mol. The van der Waals surface area contributed by atoms with Crippen LogP contribution in [0.4, 0.5) is 0 Å². The van der Waals surface area contributed by atoms with E-state index in [1.54, 1.807) is 18.5 Å². The molecule has 0 aromatic carbocycles. The smallest absolute Gasteiger partial charge is 0.114 e. The summed E-state index contributed by atoms with van der Waals surface area (Å²) in [4.78, 5) is 4.71. The van der Waals surface area contributed by atoms with Crippen molar-refractivity contribution in [2.75, 3.05) is 0 Å². The van der Waals surface area contributed by atoms with Crippen LogP contribution in [-0.2, 0) is 4.84 Å². The Labute approximate surface area is 49.8 Å². The molecule has 0 rings (SSSR count). The minimum absolute atomic E-state index is 1.57. The van der Waals surface area contributed by atoms with E-state index in [0.29, 0.717) is 0 Å². The van der Waals surface area contributed by atoms with Gasteiger partial charge in [0.1, 0.15) is 6.26 Å². The second-order valence-electron chi connectivity index (χ2n) is 1.21. The number of hydrogen-bond donors (Lipinski definition) is 1. The lowest BCUT2D eigenvalue weighted by Gasteiger charge is -1.93. The normalized spacial score (nSPS) is 10.8. The molecular formula is C6H11NO. The minimum Gasteiger partial charge on any atom is -0.391 e. The summed E-state index contributed by atoms with van der Waals surface area (Å²) in [6, 6.07) is 0. The Kier molecular flexibility index (Phi) is 5.38. The number of allylic oxidation sites excluding steroid dienone is 2. The third-order valence-electron chi connectivity index (χ3n) is 0.507. The highest BCUT2D eigenvalue weighted by Crippen LogP contribution is 1.69. The van der Waals surface area contributed by atoms with Gasteiger partial charge in [0.05, 0.1) is 0 Å². The van der Waals surface area contributed by atoms with Crippen molar-refractivity contribution in [1.82, 2.24) is 5.48 Å². The third kappa shape index (κ3) is 5.08. The van der Waals surface area contributed by atoms with E-state index in [-0.39, 0.29) is 0 Å². The lowest BCUT2D eigenvalue weighted by molar-refractivity contribution is 0.175. The van der Waals surface area contributed by atoms with E-state index in [2.05, 4.69) is 5.48 Å². The van der Waals surface area contributed by atoms with Gasteiger partial charge in [-0.15, -0.1) is 0 Å². The predicted octanol–water partition coefficient (Wildman–Crippen LogP) is 1.57. The summed E-state index contributed by atoms with van der Waals surface area (Å²) in [6.07, 6.45) is 6.93. The molecule has 0 amide bonds. The largest absolute Gasteiger partial charge is 0.391 e. The monoisotopic (exact) mass is 113 g/mol. The maximum absolute atomic E-state index is 4.71. The summed E-state index contributed by atoms with van der Waals surface area (Å²) >= 11 is 0. The SMILES string of the molecule is CC=CNOC=CC. The molecule has 46 valence electrons. The quantitative estimate of drug-likeness (QED) is 0.341. The van der Waals surface area contributed by atoms with E-state index in [4.69, 9.17) is 4.84 Å². The summed E-state index contributed by atoms with van der Waals surface area (Å²) < 4.78 is 0. The molecule has 0 fully saturated rings. The van der Waals surface area contributed by atoms with Crippen LogP contribution < -0.4 is 5.48 Å². The van der Waals surface area contributed by atoms with Crippen LogP contribution >= 0.6 is 0 Å². The van der Waals surface area contributed by atoms with Gasteiger partial charge in [-0.1, -0.05) is 6.08 Å². The van der Waals surface area contributed by atoms with Gasteiger partial charge in [0.25, 0.3) is 0 Å². The summed E-state index contributed by atoms with van der Waals surface area (Å²) in [7, 11) is 0. The number of hydrogen-bond acceptors (Lipinski definition) is 2. The van der Waals surface area contributed by atoms with Gasteiger partial charge in [-0.2, -0.15) is 0 Å². The molecule has 0 atom stereocenters. The van der Waals surface area contributed by atoms with Gasteiger partial charge in [0.15, 0.2) is 0 Å². The van der Waals surface area contributed by atoms with Crippen LogP contribution in [0.3, 0.4) is 0 Å². The molecule has 1 N–H and O–H groups in total. The van der Waals surface area contributed by atoms with Crippen LogP contribution in [0.15, 0.2) is 24.6 Å². The first-order chi connectivity index (χ1) is 3.91. The van der Waals surface area contributed by atoms with Crippen LogP contribution in [0.25, 0.3) is 0 Å². The standard InChI is InChI=1S/C6H11NO/c1-3-5-7-8-6-4-2/h3-7H,1-2H3. The van der Waals surface area contributed by atoms with Crippen molar-refractivity contribution < 1.29 is 4.84 Å². The van der Waals surface area contributed by atoms with E-state index < -0.39 is 0 Å². The zero-order valence-corrected chi connectivity index (χ0v) is 5.22. The van der Waals surface area contributed by atoms with Crippen LogP contribution in [0.2, 0.25) is 0 Å². The summed E-state index contributed by atoms with van der Waals surface area (Å²) in [5, 5.41) is 0. The highest BCUT2D eigenvalue weighted by molar-refractivity contribution is 4.71. The minimum atomic E-state index is 1.57. The van der Waals surface area contributed by atoms with Crippen LogP contribution in [-0.4, -0.2) is 0 Å². The van der Waals surface area contributed by atoms with Crippen molar-refractivity contribution in [1.29, 1.82) is 0 Å². The van der Waals surface area contributed by atoms with Gasteiger partial charge < -0.3 is 4.84 Å². The fraction of sp³-hybridized carbons (Fsp3) is 0.333. The van der Waals surface area contributed by atoms with E-state index in [9.17, 15) is 0 Å². The van der Waals surface area contributed by atoms with Gasteiger partial charge in [-0.25, -0.2) is 5.48 Å². The Morgan fingerprint density at radius 1 is 1.25 bits per heavy atom. The lowest BCUT2D eigenvalue weighted by atomic mass is 10.7. The molecule has 0 aliphatic carbocycles. The van der Waals surface area contributed by atoms with Crippen molar-refractivity contribution in [2.45, 2.75) is 13.8 Å².